The first-order chi connectivity index (χ1) is 12.7. The van der Waals surface area contributed by atoms with Crippen LogP contribution in [-0.4, -0.2) is 33.3 Å². The van der Waals surface area contributed by atoms with E-state index >= 15 is 0 Å². The van der Waals surface area contributed by atoms with Crippen molar-refractivity contribution >= 4 is 12.2 Å². The highest BCUT2D eigenvalue weighted by Crippen LogP contribution is 2.33. The van der Waals surface area contributed by atoms with Gasteiger partial charge in [0, 0.05) is 18.2 Å². The molecule has 5 nitrogen and oxygen atoms in total. The SMILES string of the molecule is COc1ccc(C2CCCN2Cn2[nH]c(-c3ccccc3)nc2=S)cc1. The summed E-state index contributed by atoms with van der Waals surface area (Å²) in [5.41, 5.74) is 2.36. The Kier molecular flexibility index (Phi) is 4.86. The fraction of sp³-hybridized carbons (Fsp3) is 0.300. The van der Waals surface area contributed by atoms with E-state index in [1.807, 2.05) is 47.1 Å². The Labute approximate surface area is 158 Å². The zero-order chi connectivity index (χ0) is 17.9. The molecule has 26 heavy (non-hydrogen) atoms. The highest BCUT2D eigenvalue weighted by Gasteiger charge is 2.26. The van der Waals surface area contributed by atoms with Gasteiger partial charge in [-0.2, -0.15) is 4.98 Å². The first-order valence-corrected chi connectivity index (χ1v) is 9.26. The number of likely N-dealkylation sites (tertiary alicyclic amines) is 1. The summed E-state index contributed by atoms with van der Waals surface area (Å²) in [6.45, 7) is 1.77. The van der Waals surface area contributed by atoms with Gasteiger partial charge in [-0.05, 0) is 42.8 Å². The van der Waals surface area contributed by atoms with E-state index in [-0.39, 0.29) is 0 Å². The maximum atomic E-state index is 5.47. The Morgan fingerprint density at radius 2 is 1.92 bits per heavy atom. The summed E-state index contributed by atoms with van der Waals surface area (Å²) in [6, 6.07) is 18.8. The Balaban J connectivity index is 1.54. The lowest BCUT2D eigenvalue weighted by Crippen LogP contribution is -2.26. The van der Waals surface area contributed by atoms with E-state index in [1.54, 1.807) is 7.11 Å². The average Bonchev–Trinajstić information content (AvgIpc) is 3.30. The quantitative estimate of drug-likeness (QED) is 0.680. The zero-order valence-corrected chi connectivity index (χ0v) is 15.6. The molecule has 1 saturated heterocycles. The minimum Gasteiger partial charge on any atom is -0.497 e. The summed E-state index contributed by atoms with van der Waals surface area (Å²) >= 11 is 5.47. The molecule has 1 aliphatic heterocycles. The molecule has 6 heteroatoms. The van der Waals surface area contributed by atoms with E-state index in [2.05, 4.69) is 27.1 Å². The van der Waals surface area contributed by atoms with Crippen molar-refractivity contribution in [2.24, 2.45) is 0 Å². The fourth-order valence-electron chi connectivity index (χ4n) is 3.56. The number of rotatable bonds is 5. The molecule has 134 valence electrons. The van der Waals surface area contributed by atoms with Crippen LogP contribution in [0.15, 0.2) is 54.6 Å². The summed E-state index contributed by atoms with van der Waals surface area (Å²) < 4.78 is 7.82. The van der Waals surface area contributed by atoms with Crippen molar-refractivity contribution in [3.8, 4) is 17.1 Å². The third kappa shape index (κ3) is 3.43. The van der Waals surface area contributed by atoms with Crippen molar-refractivity contribution in [2.45, 2.75) is 25.6 Å². The van der Waals surface area contributed by atoms with Crippen LogP contribution in [0.4, 0.5) is 0 Å². The van der Waals surface area contributed by atoms with Crippen LogP contribution in [0.25, 0.3) is 11.4 Å². The zero-order valence-electron chi connectivity index (χ0n) is 14.8. The fourth-order valence-corrected chi connectivity index (χ4v) is 3.75. The van der Waals surface area contributed by atoms with Crippen molar-refractivity contribution < 1.29 is 4.74 Å². The average molecular weight is 366 g/mol. The van der Waals surface area contributed by atoms with E-state index < -0.39 is 0 Å². The van der Waals surface area contributed by atoms with Crippen LogP contribution in [0.5, 0.6) is 5.75 Å². The number of H-pyrrole nitrogens is 1. The van der Waals surface area contributed by atoms with E-state index in [0.29, 0.717) is 10.8 Å². The van der Waals surface area contributed by atoms with Gasteiger partial charge in [-0.15, -0.1) is 0 Å². The molecule has 1 unspecified atom stereocenters. The van der Waals surface area contributed by atoms with Crippen LogP contribution in [0.1, 0.15) is 24.4 Å². The first-order valence-electron chi connectivity index (χ1n) is 8.85. The monoisotopic (exact) mass is 366 g/mol. The molecule has 0 amide bonds. The van der Waals surface area contributed by atoms with Gasteiger partial charge in [0.25, 0.3) is 0 Å². The van der Waals surface area contributed by atoms with Crippen molar-refractivity contribution in [3.63, 3.8) is 0 Å². The van der Waals surface area contributed by atoms with Crippen LogP contribution < -0.4 is 4.74 Å². The lowest BCUT2D eigenvalue weighted by molar-refractivity contribution is 0.190. The van der Waals surface area contributed by atoms with Crippen molar-refractivity contribution in [1.82, 2.24) is 19.7 Å². The summed E-state index contributed by atoms with van der Waals surface area (Å²) in [4.78, 5) is 6.97. The Bertz CT molecular complexity index is 917. The largest absolute Gasteiger partial charge is 0.497 e. The Hall–Kier alpha value is -2.44. The number of aromatic amines is 1. The van der Waals surface area contributed by atoms with Gasteiger partial charge < -0.3 is 4.74 Å². The van der Waals surface area contributed by atoms with Gasteiger partial charge in [0.1, 0.15) is 5.75 Å². The normalized spacial score (nSPS) is 17.5. The number of hydrogen-bond acceptors (Lipinski definition) is 4. The summed E-state index contributed by atoms with van der Waals surface area (Å²) in [7, 11) is 1.70. The van der Waals surface area contributed by atoms with E-state index in [9.17, 15) is 0 Å². The van der Waals surface area contributed by atoms with Gasteiger partial charge in [-0.25, -0.2) is 4.68 Å². The molecule has 0 radical (unpaired) electrons. The van der Waals surface area contributed by atoms with Gasteiger partial charge in [0.15, 0.2) is 5.82 Å². The highest BCUT2D eigenvalue weighted by molar-refractivity contribution is 7.71. The maximum absolute atomic E-state index is 5.47. The molecule has 0 saturated carbocycles. The van der Waals surface area contributed by atoms with Gasteiger partial charge >= 0.3 is 0 Å². The number of nitrogens with zero attached hydrogens (tertiary/aromatic N) is 3. The van der Waals surface area contributed by atoms with Crippen LogP contribution >= 0.6 is 12.2 Å². The molecule has 1 N–H and O–H groups in total. The smallest absolute Gasteiger partial charge is 0.217 e. The van der Waals surface area contributed by atoms with Gasteiger partial charge in [0.05, 0.1) is 13.8 Å². The number of hydrogen-bond donors (Lipinski definition) is 1. The molecule has 1 aromatic heterocycles. The molecule has 0 aliphatic carbocycles. The number of benzene rings is 2. The Morgan fingerprint density at radius 1 is 1.15 bits per heavy atom. The predicted molar refractivity (Wildman–Crippen MR) is 105 cm³/mol. The molecule has 1 atom stereocenters. The van der Waals surface area contributed by atoms with Crippen LogP contribution in [0, 0.1) is 4.77 Å². The molecule has 0 spiro atoms. The molecule has 1 fully saturated rings. The lowest BCUT2D eigenvalue weighted by Gasteiger charge is -2.25. The molecule has 0 bridgehead atoms. The standard InChI is InChI=1S/C20H22N4OS/c1-25-17-11-9-15(10-12-17)18-8-5-13-23(18)14-24-20(26)21-19(22-24)16-6-3-2-4-7-16/h2-4,6-7,9-12,18H,5,8,13-14H2,1H3,(H,21,22,26). The number of nitrogens with one attached hydrogen (secondary N) is 1. The van der Waals surface area contributed by atoms with E-state index in [0.717, 1.165) is 36.8 Å². The lowest BCUT2D eigenvalue weighted by atomic mass is 10.0. The van der Waals surface area contributed by atoms with Gasteiger partial charge in [0.2, 0.25) is 4.77 Å². The highest BCUT2D eigenvalue weighted by atomic mass is 32.1. The maximum Gasteiger partial charge on any atom is 0.217 e. The van der Waals surface area contributed by atoms with E-state index in [1.165, 1.54) is 12.0 Å². The molecule has 2 aromatic carbocycles. The topological polar surface area (TPSA) is 46.1 Å². The minimum absolute atomic E-state index is 0.395. The van der Waals surface area contributed by atoms with Crippen molar-refractivity contribution in [3.05, 3.63) is 64.9 Å². The van der Waals surface area contributed by atoms with Gasteiger partial charge in [-0.1, -0.05) is 42.5 Å². The minimum atomic E-state index is 0.395. The second-order valence-corrected chi connectivity index (χ2v) is 6.90. The van der Waals surface area contributed by atoms with Crippen molar-refractivity contribution in [2.75, 3.05) is 13.7 Å². The third-order valence-corrected chi connectivity index (χ3v) is 5.23. The molecular formula is C20H22N4OS. The van der Waals surface area contributed by atoms with Crippen LogP contribution in [0.3, 0.4) is 0 Å². The molecule has 1 aliphatic rings. The van der Waals surface area contributed by atoms with Crippen LogP contribution in [-0.2, 0) is 6.67 Å². The summed E-state index contributed by atoms with van der Waals surface area (Å²) in [5.74, 6) is 1.71. The van der Waals surface area contributed by atoms with Gasteiger partial charge in [-0.3, -0.25) is 10.00 Å². The first kappa shape index (κ1) is 17.0. The number of methoxy groups -OCH3 is 1. The third-order valence-electron chi connectivity index (χ3n) is 4.91. The van der Waals surface area contributed by atoms with Crippen molar-refractivity contribution in [1.29, 1.82) is 0 Å². The van der Waals surface area contributed by atoms with Crippen LogP contribution in [0.2, 0.25) is 0 Å². The van der Waals surface area contributed by atoms with E-state index in [4.69, 9.17) is 17.0 Å². The number of ether oxygens (including phenoxy) is 1. The second kappa shape index (κ2) is 7.43. The Morgan fingerprint density at radius 3 is 2.65 bits per heavy atom. The molecule has 2 heterocycles. The molecular weight excluding hydrogens is 344 g/mol. The second-order valence-electron chi connectivity index (χ2n) is 6.53. The molecule has 4 rings (SSSR count). The summed E-state index contributed by atoms with van der Waals surface area (Å²) in [6.07, 6.45) is 2.34. The predicted octanol–water partition coefficient (Wildman–Crippen LogP) is 4.41. The summed E-state index contributed by atoms with van der Waals surface area (Å²) in [5, 5.41) is 3.35. The molecule has 3 aromatic rings. The number of aromatic nitrogens is 3.